The average Bonchev–Trinajstić information content (AvgIpc) is 2.56. The predicted octanol–water partition coefficient (Wildman–Crippen LogP) is 4.53. The van der Waals surface area contributed by atoms with Crippen molar-refractivity contribution in [1.29, 1.82) is 0 Å². The molecular weight excluding hydrogens is 328 g/mol. The van der Waals surface area contributed by atoms with Crippen LogP contribution in [-0.4, -0.2) is 27.1 Å². The van der Waals surface area contributed by atoms with Crippen LogP contribution in [0.25, 0.3) is 0 Å². The molecule has 0 aromatic heterocycles. The molecule has 4 atom stereocenters. The second-order valence-electron chi connectivity index (χ2n) is 9.83. The van der Waals surface area contributed by atoms with Gasteiger partial charge in [-0.05, 0) is 37.5 Å². The minimum atomic E-state index is -0.256. The van der Waals surface area contributed by atoms with Gasteiger partial charge in [0, 0.05) is 33.9 Å². The summed E-state index contributed by atoms with van der Waals surface area (Å²) in [5.74, 6) is 2.81. The molecule has 0 aliphatic heterocycles. The monoisotopic (exact) mass is 358 g/mol. The molecule has 26 heavy (non-hydrogen) atoms. The van der Waals surface area contributed by atoms with Crippen molar-refractivity contribution < 1.29 is 19.0 Å². The third-order valence-corrected chi connectivity index (χ3v) is 7.20. The zero-order valence-corrected chi connectivity index (χ0v) is 16.8. The van der Waals surface area contributed by atoms with Crippen molar-refractivity contribution >= 4 is 5.78 Å². The molecule has 1 aromatic carbocycles. The minimum Gasteiger partial charge on any atom is -0.496 e. The van der Waals surface area contributed by atoms with Crippen molar-refractivity contribution in [1.82, 2.24) is 0 Å². The van der Waals surface area contributed by atoms with Crippen LogP contribution >= 0.6 is 0 Å². The smallest absolute Gasteiger partial charge is 0.144 e. The number of rotatable bonds is 4. The Bertz CT molecular complexity index is 733. The Balaban J connectivity index is 1.95. The van der Waals surface area contributed by atoms with Crippen LogP contribution in [0.3, 0.4) is 0 Å². The highest BCUT2D eigenvalue weighted by Gasteiger charge is 2.69. The first-order chi connectivity index (χ1) is 12.1. The quantitative estimate of drug-likeness (QED) is 0.793. The van der Waals surface area contributed by atoms with Gasteiger partial charge in [-0.2, -0.15) is 0 Å². The predicted molar refractivity (Wildman–Crippen MR) is 100 cm³/mol. The molecule has 4 aliphatic rings. The van der Waals surface area contributed by atoms with Gasteiger partial charge in [0.05, 0.1) is 21.3 Å². The highest BCUT2D eigenvalue weighted by molar-refractivity contribution is 5.93. The van der Waals surface area contributed by atoms with Gasteiger partial charge >= 0.3 is 0 Å². The fourth-order valence-electron chi connectivity index (χ4n) is 7.54. The normalized spacial score (nSPS) is 40.6. The zero-order chi connectivity index (χ0) is 19.0. The summed E-state index contributed by atoms with van der Waals surface area (Å²) in [4.78, 5) is 13.3. The Kier molecular flexibility index (Phi) is 3.52. The summed E-state index contributed by atoms with van der Waals surface area (Å²) in [6.45, 7) is 6.73. The Labute approximate surface area is 156 Å². The molecule has 4 nitrogen and oxygen atoms in total. The van der Waals surface area contributed by atoms with E-state index in [1.807, 2.05) is 12.1 Å². The van der Waals surface area contributed by atoms with Crippen molar-refractivity contribution in [3.63, 3.8) is 0 Å². The van der Waals surface area contributed by atoms with Crippen LogP contribution in [0.1, 0.15) is 58.4 Å². The first kappa shape index (κ1) is 17.7. The van der Waals surface area contributed by atoms with E-state index in [9.17, 15) is 4.79 Å². The molecule has 1 aromatic rings. The molecule has 0 amide bonds. The van der Waals surface area contributed by atoms with Crippen molar-refractivity contribution in [2.75, 3.05) is 21.3 Å². The average molecular weight is 358 g/mol. The van der Waals surface area contributed by atoms with Gasteiger partial charge in [0.15, 0.2) is 0 Å². The molecule has 0 N–H and O–H groups in total. The maximum atomic E-state index is 13.3. The number of Topliss-reactive ketones (excluding diaryl/α,β-unsaturated/α-hetero) is 1. The minimum absolute atomic E-state index is 0.0916. The van der Waals surface area contributed by atoms with Crippen molar-refractivity contribution in [2.24, 2.45) is 16.2 Å². The number of benzene rings is 1. The molecule has 4 saturated carbocycles. The van der Waals surface area contributed by atoms with Crippen molar-refractivity contribution in [3.8, 4) is 17.2 Å². The Morgan fingerprint density at radius 2 is 1.27 bits per heavy atom. The maximum absolute atomic E-state index is 13.3. The van der Waals surface area contributed by atoms with Gasteiger partial charge in [0.25, 0.3) is 0 Å². The summed E-state index contributed by atoms with van der Waals surface area (Å²) >= 11 is 0. The van der Waals surface area contributed by atoms with E-state index in [-0.39, 0.29) is 21.7 Å². The number of methoxy groups -OCH3 is 3. The molecule has 4 aliphatic carbocycles. The number of carbonyl (C=O) groups is 1. The number of ether oxygens (including phenoxy) is 3. The fourth-order valence-corrected chi connectivity index (χ4v) is 7.54. The Morgan fingerprint density at radius 1 is 0.769 bits per heavy atom. The Hall–Kier alpha value is -1.71. The molecule has 0 saturated heterocycles. The number of hydrogen-bond acceptors (Lipinski definition) is 4. The summed E-state index contributed by atoms with van der Waals surface area (Å²) < 4.78 is 17.0. The van der Waals surface area contributed by atoms with Crippen molar-refractivity contribution in [2.45, 2.75) is 58.3 Å². The number of carbonyl (C=O) groups excluding carboxylic acids is 1. The molecule has 0 spiro atoms. The molecule has 2 unspecified atom stereocenters. The van der Waals surface area contributed by atoms with Gasteiger partial charge in [-0.25, -0.2) is 0 Å². The lowest BCUT2D eigenvalue weighted by Crippen LogP contribution is -2.65. The van der Waals surface area contributed by atoms with Gasteiger partial charge in [-0.1, -0.05) is 20.8 Å². The summed E-state index contributed by atoms with van der Waals surface area (Å²) in [5.41, 5.74) is 0.705. The number of ketones is 1. The third-order valence-electron chi connectivity index (χ3n) is 7.20. The van der Waals surface area contributed by atoms with Crippen LogP contribution in [0, 0.1) is 16.2 Å². The van der Waals surface area contributed by atoms with E-state index in [0.717, 1.165) is 54.9 Å². The topological polar surface area (TPSA) is 44.8 Å². The summed E-state index contributed by atoms with van der Waals surface area (Å²) in [5, 5.41) is 0. The molecule has 4 heteroatoms. The molecule has 0 radical (unpaired) electrons. The second kappa shape index (κ2) is 5.17. The van der Waals surface area contributed by atoms with Crippen LogP contribution < -0.4 is 14.2 Å². The van der Waals surface area contributed by atoms with Gasteiger partial charge in [-0.15, -0.1) is 0 Å². The van der Waals surface area contributed by atoms with E-state index in [1.54, 1.807) is 21.3 Å². The summed E-state index contributed by atoms with van der Waals surface area (Å²) in [6.07, 6.45) is 4.83. The van der Waals surface area contributed by atoms with E-state index in [1.165, 1.54) is 0 Å². The largest absolute Gasteiger partial charge is 0.496 e. The molecule has 142 valence electrons. The molecule has 4 fully saturated rings. The van der Waals surface area contributed by atoms with Crippen LogP contribution in [-0.2, 0) is 10.2 Å². The van der Waals surface area contributed by atoms with Crippen LogP contribution in [0.15, 0.2) is 12.1 Å². The van der Waals surface area contributed by atoms with Gasteiger partial charge in [0.1, 0.15) is 23.0 Å². The summed E-state index contributed by atoms with van der Waals surface area (Å²) in [7, 11) is 5.06. The van der Waals surface area contributed by atoms with Gasteiger partial charge < -0.3 is 14.2 Å². The highest BCUT2D eigenvalue weighted by atomic mass is 16.5. The van der Waals surface area contributed by atoms with Gasteiger partial charge in [0.2, 0.25) is 0 Å². The molecule has 5 rings (SSSR count). The third kappa shape index (κ3) is 2.17. The van der Waals surface area contributed by atoms with E-state index in [0.29, 0.717) is 5.78 Å². The van der Waals surface area contributed by atoms with Crippen molar-refractivity contribution in [3.05, 3.63) is 17.7 Å². The number of hydrogen-bond donors (Lipinski definition) is 0. The lowest BCUT2D eigenvalue weighted by atomic mass is 9.35. The standard InChI is InChI=1S/C22H30O4/c1-19-9-20(2)12-22(11-19,13-21(3,10-19)18(20)23)17-15(25-5)7-14(24-4)8-16(17)26-6/h7-8H,9-13H2,1-6H3/t19?,20-,21+,22?. The Morgan fingerprint density at radius 3 is 1.69 bits per heavy atom. The zero-order valence-electron chi connectivity index (χ0n) is 16.8. The first-order valence-electron chi connectivity index (χ1n) is 9.48. The van der Waals surface area contributed by atoms with E-state index in [4.69, 9.17) is 14.2 Å². The van der Waals surface area contributed by atoms with E-state index < -0.39 is 0 Å². The van der Waals surface area contributed by atoms with Crippen LogP contribution in [0.2, 0.25) is 0 Å². The van der Waals surface area contributed by atoms with Gasteiger partial charge in [-0.3, -0.25) is 4.79 Å². The van der Waals surface area contributed by atoms with E-state index >= 15 is 0 Å². The second-order valence-corrected chi connectivity index (χ2v) is 9.83. The molecular formula is C22H30O4. The SMILES string of the molecule is COc1cc(OC)c(C23CC4(C)C[C@@](C)(C2)C(=O)[C@](C)(C4)C3)c(OC)c1. The lowest BCUT2D eigenvalue weighted by Gasteiger charge is -2.68. The first-order valence-corrected chi connectivity index (χ1v) is 9.48. The molecule has 4 bridgehead atoms. The fraction of sp³-hybridized carbons (Fsp3) is 0.682. The lowest BCUT2D eigenvalue weighted by molar-refractivity contribution is -0.179. The van der Waals surface area contributed by atoms with Crippen LogP contribution in [0.5, 0.6) is 17.2 Å². The highest BCUT2D eigenvalue weighted by Crippen LogP contribution is 2.73. The van der Waals surface area contributed by atoms with E-state index in [2.05, 4.69) is 20.8 Å². The van der Waals surface area contributed by atoms with Crippen LogP contribution in [0.4, 0.5) is 0 Å². The molecule has 0 heterocycles. The maximum Gasteiger partial charge on any atom is 0.144 e. The summed E-state index contributed by atoms with van der Waals surface area (Å²) in [6, 6.07) is 3.90.